The van der Waals surface area contributed by atoms with Gasteiger partial charge in [0, 0.05) is 0 Å². The molecule has 1 amide bonds. The largest absolute Gasteiger partial charge is 0.480 e. The van der Waals surface area contributed by atoms with Gasteiger partial charge < -0.3 is 24.8 Å². The van der Waals surface area contributed by atoms with Crippen LogP contribution in [0.4, 0.5) is 10.1 Å². The Labute approximate surface area is 210 Å². The summed E-state index contributed by atoms with van der Waals surface area (Å²) in [6.45, 7) is 5.56. The second-order valence-corrected chi connectivity index (χ2v) is 9.64. The van der Waals surface area contributed by atoms with Gasteiger partial charge in [0.05, 0.1) is 32.9 Å². The number of aromatic nitrogens is 1. The molecule has 1 saturated carbocycles. The second kappa shape index (κ2) is 11.2. The molecule has 0 bridgehead atoms. The molecule has 2 heterocycles. The highest BCUT2D eigenvalue weighted by molar-refractivity contribution is 5.96. The van der Waals surface area contributed by atoms with E-state index in [0.717, 1.165) is 12.0 Å². The Morgan fingerprint density at radius 1 is 1.11 bits per heavy atom. The summed E-state index contributed by atoms with van der Waals surface area (Å²) in [5.41, 5.74) is 0.470. The van der Waals surface area contributed by atoms with Crippen LogP contribution in [0.3, 0.4) is 0 Å². The predicted octanol–water partition coefficient (Wildman–Crippen LogP) is 3.84. The van der Waals surface area contributed by atoms with Crippen molar-refractivity contribution in [3.63, 3.8) is 0 Å². The quantitative estimate of drug-likeness (QED) is 0.432. The Morgan fingerprint density at radius 2 is 1.81 bits per heavy atom. The van der Waals surface area contributed by atoms with Crippen molar-refractivity contribution in [2.75, 3.05) is 31.2 Å². The van der Waals surface area contributed by atoms with Crippen molar-refractivity contribution in [3.8, 4) is 5.88 Å². The van der Waals surface area contributed by atoms with E-state index in [0.29, 0.717) is 37.3 Å². The van der Waals surface area contributed by atoms with Crippen LogP contribution in [0.5, 0.6) is 5.88 Å². The van der Waals surface area contributed by atoms with Crippen molar-refractivity contribution < 1.29 is 28.6 Å². The summed E-state index contributed by atoms with van der Waals surface area (Å²) >= 11 is 0. The molecule has 8 nitrogen and oxygen atoms in total. The number of halogens is 1. The molecule has 1 aliphatic carbocycles. The molecule has 0 spiro atoms. The van der Waals surface area contributed by atoms with Gasteiger partial charge in [-0.2, -0.15) is 0 Å². The summed E-state index contributed by atoms with van der Waals surface area (Å²) in [5.74, 6) is -0.689. The smallest absolute Gasteiger partial charge is 0.329 e. The minimum absolute atomic E-state index is 0.0668. The third-order valence-electron chi connectivity index (χ3n) is 7.17. The third-order valence-corrected chi connectivity index (χ3v) is 7.17. The van der Waals surface area contributed by atoms with E-state index in [4.69, 9.17) is 9.47 Å². The van der Waals surface area contributed by atoms with Gasteiger partial charge in [-0.15, -0.1) is 0 Å². The maximum atomic E-state index is 13.5. The number of carbonyl (C=O) groups excluding carboxylic acids is 1. The van der Waals surface area contributed by atoms with Crippen LogP contribution < -0.4 is 15.0 Å². The summed E-state index contributed by atoms with van der Waals surface area (Å²) in [6, 6.07) is 13.2. The monoisotopic (exact) mass is 499 g/mol. The Hall–Kier alpha value is -3.20. The summed E-state index contributed by atoms with van der Waals surface area (Å²) in [7, 11) is 0. The number of benzene rings is 1. The summed E-state index contributed by atoms with van der Waals surface area (Å²) in [5, 5.41) is 12.3. The summed E-state index contributed by atoms with van der Waals surface area (Å²) in [6.07, 6.45) is 0.565. The van der Waals surface area contributed by atoms with Gasteiger partial charge >= 0.3 is 5.97 Å². The number of carboxylic acid groups (broad SMARTS) is 1. The number of pyridine rings is 1. The number of amides is 1. The highest BCUT2D eigenvalue weighted by Gasteiger charge is 2.39. The lowest BCUT2D eigenvalue weighted by molar-refractivity contribution is -0.144. The van der Waals surface area contributed by atoms with E-state index in [1.54, 1.807) is 19.9 Å². The number of nitrogens with zero attached hydrogens (tertiary/aromatic N) is 2. The van der Waals surface area contributed by atoms with Gasteiger partial charge in [-0.1, -0.05) is 44.2 Å². The zero-order chi connectivity index (χ0) is 25.7. The van der Waals surface area contributed by atoms with Gasteiger partial charge in [0.2, 0.25) is 5.88 Å². The average molecular weight is 500 g/mol. The number of ether oxygens (including phenoxy) is 2. The van der Waals surface area contributed by atoms with E-state index in [9.17, 15) is 19.1 Å². The first-order valence-electron chi connectivity index (χ1n) is 12.6. The number of hydrogen-bond acceptors (Lipinski definition) is 6. The lowest BCUT2D eigenvalue weighted by Gasteiger charge is -2.36. The van der Waals surface area contributed by atoms with Gasteiger partial charge in [-0.3, -0.25) is 4.79 Å². The molecule has 36 heavy (non-hydrogen) atoms. The number of rotatable bonds is 13. The van der Waals surface area contributed by atoms with Crippen LogP contribution in [0.15, 0.2) is 42.5 Å². The van der Waals surface area contributed by atoms with E-state index < -0.39 is 23.6 Å². The predicted molar refractivity (Wildman–Crippen MR) is 133 cm³/mol. The highest BCUT2D eigenvalue weighted by Crippen LogP contribution is 2.40. The molecule has 2 N–H and O–H groups in total. The van der Waals surface area contributed by atoms with Crippen molar-refractivity contribution in [1.29, 1.82) is 0 Å². The normalized spacial score (nSPS) is 19.5. The van der Waals surface area contributed by atoms with Gasteiger partial charge in [-0.25, -0.2) is 14.2 Å². The Balaban J connectivity index is 1.38. The lowest BCUT2D eigenvalue weighted by atomic mass is 9.92. The number of anilines is 1. The minimum atomic E-state index is -1.36. The van der Waals surface area contributed by atoms with E-state index >= 15 is 0 Å². The Morgan fingerprint density at radius 3 is 2.44 bits per heavy atom. The molecule has 2 fully saturated rings. The molecular formula is C27H34FN3O5. The number of aliphatic carboxylic acids is 1. The number of hydrogen-bond donors (Lipinski definition) is 2. The minimum Gasteiger partial charge on any atom is -0.480 e. The maximum absolute atomic E-state index is 13.5. The van der Waals surface area contributed by atoms with E-state index in [2.05, 4.69) is 10.3 Å². The molecular weight excluding hydrogens is 465 g/mol. The molecule has 2 aromatic rings. The standard InChI is InChI=1S/C27H34FN3O5/c1-3-27(4-2,26(33)34)30-24(32)22-10-11-23(31-13-21(28)14-31)25(29-22)36-17-20-12-19(20)16-35-15-18-8-6-5-7-9-18/h5-11,19-21H,3-4,12-17H2,1-2H3,(H,30,32)(H,33,34)/t19-,20-/m0/s1. The second-order valence-electron chi connectivity index (χ2n) is 9.64. The van der Waals surface area contributed by atoms with Gasteiger partial charge in [0.1, 0.15) is 23.1 Å². The Kier molecular flexibility index (Phi) is 8.08. The molecule has 2 aliphatic rings. The highest BCUT2D eigenvalue weighted by atomic mass is 19.1. The van der Waals surface area contributed by atoms with Crippen LogP contribution in [-0.4, -0.2) is 60.0 Å². The molecule has 4 rings (SSSR count). The summed E-state index contributed by atoms with van der Waals surface area (Å²) in [4.78, 5) is 30.9. The van der Waals surface area contributed by atoms with Gasteiger partial charge in [-0.05, 0) is 48.8 Å². The third kappa shape index (κ3) is 5.95. The van der Waals surface area contributed by atoms with Crippen molar-refractivity contribution in [3.05, 3.63) is 53.7 Å². The number of nitrogens with one attached hydrogen (secondary N) is 1. The fraction of sp³-hybridized carbons (Fsp3) is 0.519. The first-order valence-corrected chi connectivity index (χ1v) is 12.6. The molecule has 1 aromatic heterocycles. The Bertz CT molecular complexity index is 1060. The molecule has 1 aromatic carbocycles. The lowest BCUT2D eigenvalue weighted by Crippen LogP contribution is -2.53. The molecule has 0 unspecified atom stereocenters. The maximum Gasteiger partial charge on any atom is 0.329 e. The van der Waals surface area contributed by atoms with Crippen molar-refractivity contribution in [2.45, 2.75) is 51.4 Å². The first kappa shape index (κ1) is 25.9. The number of carboxylic acids is 1. The summed E-state index contributed by atoms with van der Waals surface area (Å²) < 4.78 is 25.4. The molecule has 1 aliphatic heterocycles. The first-order chi connectivity index (χ1) is 17.3. The molecule has 194 valence electrons. The molecule has 2 atom stereocenters. The molecule has 1 saturated heterocycles. The van der Waals surface area contributed by atoms with Gasteiger partial charge in [0.25, 0.3) is 5.91 Å². The van der Waals surface area contributed by atoms with E-state index in [1.807, 2.05) is 35.2 Å². The van der Waals surface area contributed by atoms with Crippen LogP contribution in [-0.2, 0) is 16.1 Å². The SMILES string of the molecule is CCC(CC)(NC(=O)c1ccc(N2CC(F)C2)c(OC[C@@H]2C[C@H]2COCc2ccccc2)n1)C(=O)O. The van der Waals surface area contributed by atoms with Crippen LogP contribution in [0.2, 0.25) is 0 Å². The zero-order valence-corrected chi connectivity index (χ0v) is 20.8. The molecule has 0 radical (unpaired) electrons. The van der Waals surface area contributed by atoms with Crippen molar-refractivity contribution >= 4 is 17.6 Å². The van der Waals surface area contributed by atoms with E-state index in [1.165, 1.54) is 6.07 Å². The van der Waals surface area contributed by atoms with E-state index in [-0.39, 0.29) is 37.5 Å². The average Bonchev–Trinajstić information content (AvgIpc) is 3.62. The van der Waals surface area contributed by atoms with Crippen LogP contribution in [0.1, 0.15) is 49.2 Å². The molecule has 9 heteroatoms. The van der Waals surface area contributed by atoms with Crippen molar-refractivity contribution in [2.24, 2.45) is 11.8 Å². The van der Waals surface area contributed by atoms with Crippen LogP contribution in [0.25, 0.3) is 0 Å². The van der Waals surface area contributed by atoms with Crippen molar-refractivity contribution in [1.82, 2.24) is 10.3 Å². The topological polar surface area (TPSA) is 101 Å². The number of alkyl halides is 1. The zero-order valence-electron chi connectivity index (χ0n) is 20.8. The number of carbonyl (C=O) groups is 2. The fourth-order valence-corrected chi connectivity index (χ4v) is 4.40. The van der Waals surface area contributed by atoms with Crippen LogP contribution >= 0.6 is 0 Å². The van der Waals surface area contributed by atoms with Gasteiger partial charge in [0.15, 0.2) is 0 Å². The fourth-order valence-electron chi connectivity index (χ4n) is 4.40. The van der Waals surface area contributed by atoms with Crippen LogP contribution in [0, 0.1) is 11.8 Å².